The van der Waals surface area contributed by atoms with E-state index in [0.29, 0.717) is 11.4 Å². The molecule has 188 valence electrons. The van der Waals surface area contributed by atoms with E-state index in [1.165, 1.54) is 0 Å². The van der Waals surface area contributed by atoms with Crippen LogP contribution in [-0.4, -0.2) is 49.0 Å². The highest BCUT2D eigenvalue weighted by molar-refractivity contribution is 7.91. The Kier molecular flexibility index (Phi) is 7.84. The van der Waals surface area contributed by atoms with Crippen LogP contribution in [0.1, 0.15) is 11.1 Å². The largest absolute Gasteiger partial charge is 0.378 e. The number of anilines is 2. The Labute approximate surface area is 219 Å². The summed E-state index contributed by atoms with van der Waals surface area (Å²) in [6.45, 7) is 0. The number of hydrogen-bond donors (Lipinski definition) is 0. The van der Waals surface area contributed by atoms with Gasteiger partial charge in [-0.1, -0.05) is 24.3 Å². The molecule has 0 saturated heterocycles. The third kappa shape index (κ3) is 6.51. The van der Waals surface area contributed by atoms with Crippen LogP contribution in [0.5, 0.6) is 0 Å². The van der Waals surface area contributed by atoms with Gasteiger partial charge in [-0.15, -0.1) is 0 Å². The lowest BCUT2D eigenvalue weighted by atomic mass is 10.2. The van der Waals surface area contributed by atoms with Crippen molar-refractivity contribution in [2.75, 3.05) is 38.0 Å². The highest BCUT2D eigenvalue weighted by atomic mass is 32.2. The molecule has 0 aliphatic heterocycles. The van der Waals surface area contributed by atoms with Crippen LogP contribution in [-0.2, 0) is 9.84 Å². The predicted octanol–water partition coefficient (Wildman–Crippen LogP) is 6.15. The molecule has 0 aliphatic carbocycles. The van der Waals surface area contributed by atoms with Crippen molar-refractivity contribution in [3.63, 3.8) is 0 Å². The fourth-order valence-electron chi connectivity index (χ4n) is 3.57. The molecule has 0 spiro atoms. The third-order valence-electron chi connectivity index (χ3n) is 5.84. The van der Waals surface area contributed by atoms with Gasteiger partial charge in [-0.25, -0.2) is 8.42 Å². The maximum Gasteiger partial charge on any atom is 0.206 e. The molecule has 0 aromatic heterocycles. The van der Waals surface area contributed by atoms with Gasteiger partial charge in [-0.05, 0) is 83.9 Å². The minimum absolute atomic E-state index is 0.221. The van der Waals surface area contributed by atoms with Crippen molar-refractivity contribution in [2.24, 2.45) is 9.98 Å². The molecule has 0 heterocycles. The van der Waals surface area contributed by atoms with E-state index in [4.69, 9.17) is 0 Å². The molecule has 4 aromatic rings. The van der Waals surface area contributed by atoms with Crippen LogP contribution in [0.15, 0.2) is 117 Å². The number of rotatable bonds is 8. The topological polar surface area (TPSA) is 65.3 Å². The molecule has 0 bridgehead atoms. The van der Waals surface area contributed by atoms with Gasteiger partial charge >= 0.3 is 0 Å². The van der Waals surface area contributed by atoms with E-state index >= 15 is 0 Å². The first kappa shape index (κ1) is 25.9. The zero-order chi connectivity index (χ0) is 26.4. The van der Waals surface area contributed by atoms with E-state index in [-0.39, 0.29) is 9.79 Å². The Bertz CT molecular complexity index is 1380. The summed E-state index contributed by atoms with van der Waals surface area (Å²) in [6.07, 6.45) is 3.53. The maximum absolute atomic E-state index is 13.1. The summed E-state index contributed by atoms with van der Waals surface area (Å²) in [6, 6.07) is 29.2. The molecule has 0 aliphatic rings. The smallest absolute Gasteiger partial charge is 0.206 e. The predicted molar refractivity (Wildman–Crippen MR) is 154 cm³/mol. The standard InChI is InChI=1S/C30H30N4O2S/c1-33(2)27-13-5-23(6-14-27)21-31-25-9-17-29(18-10-25)37(35,36)30-19-11-26(12-20-30)32-22-24-7-15-28(16-8-24)34(3)4/h5-22H,1-4H3. The van der Waals surface area contributed by atoms with Gasteiger partial charge in [0.25, 0.3) is 0 Å². The number of nitrogens with zero attached hydrogens (tertiary/aromatic N) is 4. The highest BCUT2D eigenvalue weighted by Gasteiger charge is 2.17. The van der Waals surface area contributed by atoms with Crippen molar-refractivity contribution in [3.8, 4) is 0 Å². The summed E-state index contributed by atoms with van der Waals surface area (Å²) in [5.74, 6) is 0. The summed E-state index contributed by atoms with van der Waals surface area (Å²) in [4.78, 5) is 13.4. The third-order valence-corrected chi connectivity index (χ3v) is 7.62. The van der Waals surface area contributed by atoms with Crippen LogP contribution < -0.4 is 9.80 Å². The van der Waals surface area contributed by atoms with E-state index in [0.717, 1.165) is 22.5 Å². The lowest BCUT2D eigenvalue weighted by molar-refractivity contribution is 0.596. The molecule has 37 heavy (non-hydrogen) atoms. The Morgan fingerprint density at radius 3 is 1.14 bits per heavy atom. The fraction of sp³-hybridized carbons (Fsp3) is 0.133. The van der Waals surface area contributed by atoms with Crippen LogP contribution >= 0.6 is 0 Å². The summed E-state index contributed by atoms with van der Waals surface area (Å²) in [5, 5.41) is 0. The average Bonchev–Trinajstić information content (AvgIpc) is 2.91. The van der Waals surface area contributed by atoms with Crippen LogP contribution in [0, 0.1) is 0 Å². The second kappa shape index (κ2) is 11.2. The molecule has 0 amide bonds. The minimum Gasteiger partial charge on any atom is -0.378 e. The molecule has 0 fully saturated rings. The number of benzene rings is 4. The molecule has 0 radical (unpaired) electrons. The van der Waals surface area contributed by atoms with Gasteiger partial charge in [0, 0.05) is 52.0 Å². The molecule has 4 aromatic carbocycles. The van der Waals surface area contributed by atoms with Crippen molar-refractivity contribution >= 4 is 45.0 Å². The van der Waals surface area contributed by atoms with Gasteiger partial charge in [-0.3, -0.25) is 9.98 Å². The molecular weight excluding hydrogens is 480 g/mol. The SMILES string of the molecule is CN(C)c1ccc(C=Nc2ccc(S(=O)(=O)c3ccc(N=Cc4ccc(N(C)C)cc4)cc3)cc2)cc1. The molecule has 4 rings (SSSR count). The first-order valence-electron chi connectivity index (χ1n) is 11.8. The quantitative estimate of drug-likeness (QED) is 0.267. The van der Waals surface area contributed by atoms with Crippen molar-refractivity contribution in [1.29, 1.82) is 0 Å². The molecule has 7 heteroatoms. The number of hydrogen-bond acceptors (Lipinski definition) is 6. The lowest BCUT2D eigenvalue weighted by Gasteiger charge is -2.11. The average molecular weight is 511 g/mol. The van der Waals surface area contributed by atoms with Gasteiger partial charge < -0.3 is 9.80 Å². The molecular formula is C30H30N4O2S. The lowest BCUT2D eigenvalue weighted by Crippen LogP contribution is -2.08. The molecule has 0 atom stereocenters. The zero-order valence-electron chi connectivity index (χ0n) is 21.4. The van der Waals surface area contributed by atoms with E-state index in [1.54, 1.807) is 61.0 Å². The fourth-order valence-corrected chi connectivity index (χ4v) is 4.83. The van der Waals surface area contributed by atoms with E-state index in [1.807, 2.05) is 86.5 Å². The zero-order valence-corrected chi connectivity index (χ0v) is 22.2. The molecule has 0 unspecified atom stereocenters. The van der Waals surface area contributed by atoms with Crippen molar-refractivity contribution in [1.82, 2.24) is 0 Å². The summed E-state index contributed by atoms with van der Waals surface area (Å²) >= 11 is 0. The number of aliphatic imine (C=N–C) groups is 2. The summed E-state index contributed by atoms with van der Waals surface area (Å²) in [7, 11) is 4.33. The van der Waals surface area contributed by atoms with E-state index in [9.17, 15) is 8.42 Å². The monoisotopic (exact) mass is 510 g/mol. The van der Waals surface area contributed by atoms with Gasteiger partial charge in [-0.2, -0.15) is 0 Å². The van der Waals surface area contributed by atoms with Crippen molar-refractivity contribution < 1.29 is 8.42 Å². The maximum atomic E-state index is 13.1. The molecule has 6 nitrogen and oxygen atoms in total. The second-order valence-electron chi connectivity index (χ2n) is 8.98. The summed E-state index contributed by atoms with van der Waals surface area (Å²) < 4.78 is 26.2. The Morgan fingerprint density at radius 2 is 0.838 bits per heavy atom. The van der Waals surface area contributed by atoms with E-state index < -0.39 is 9.84 Å². The van der Waals surface area contributed by atoms with Gasteiger partial charge in [0.1, 0.15) is 0 Å². The summed E-state index contributed by atoms with van der Waals surface area (Å²) in [5.41, 5.74) is 5.52. The van der Waals surface area contributed by atoms with Crippen LogP contribution in [0.25, 0.3) is 0 Å². The van der Waals surface area contributed by atoms with Crippen molar-refractivity contribution in [2.45, 2.75) is 9.79 Å². The Balaban J connectivity index is 1.43. The Morgan fingerprint density at radius 1 is 0.514 bits per heavy atom. The van der Waals surface area contributed by atoms with Gasteiger partial charge in [0.15, 0.2) is 0 Å². The van der Waals surface area contributed by atoms with Crippen LogP contribution in [0.3, 0.4) is 0 Å². The second-order valence-corrected chi connectivity index (χ2v) is 10.9. The van der Waals surface area contributed by atoms with Gasteiger partial charge in [0.05, 0.1) is 21.2 Å². The van der Waals surface area contributed by atoms with E-state index in [2.05, 4.69) is 9.98 Å². The van der Waals surface area contributed by atoms with Crippen LogP contribution in [0.4, 0.5) is 22.7 Å². The first-order chi connectivity index (χ1) is 17.7. The number of sulfone groups is 1. The van der Waals surface area contributed by atoms with Gasteiger partial charge in [0.2, 0.25) is 9.84 Å². The highest BCUT2D eigenvalue weighted by Crippen LogP contribution is 2.25. The molecule has 0 N–H and O–H groups in total. The first-order valence-corrected chi connectivity index (χ1v) is 13.3. The normalized spacial score (nSPS) is 11.8. The molecule has 0 saturated carbocycles. The van der Waals surface area contributed by atoms with Crippen LogP contribution in [0.2, 0.25) is 0 Å². The van der Waals surface area contributed by atoms with Crippen molar-refractivity contribution in [3.05, 3.63) is 108 Å². The minimum atomic E-state index is -3.65. The Hall–Kier alpha value is -4.23.